The van der Waals surface area contributed by atoms with Gasteiger partial charge in [0.15, 0.2) is 0 Å². The summed E-state index contributed by atoms with van der Waals surface area (Å²) in [6, 6.07) is 12.3. The number of Topliss-reactive ketones (excluding diaryl/α,β-unsaturated/α-hetero) is 1. The first-order valence-electron chi connectivity index (χ1n) is 7.58. The Balaban J connectivity index is 1.66. The van der Waals surface area contributed by atoms with E-state index < -0.39 is 0 Å². The number of hydrogen-bond donors (Lipinski definition) is 0. The van der Waals surface area contributed by atoms with Crippen LogP contribution in [-0.2, 0) is 4.79 Å². The molecule has 2 fully saturated rings. The number of halogens is 1. The first kappa shape index (κ1) is 13.3. The van der Waals surface area contributed by atoms with Crippen molar-refractivity contribution in [2.75, 3.05) is 0 Å². The quantitative estimate of drug-likeness (QED) is 0.775. The van der Waals surface area contributed by atoms with Crippen LogP contribution in [0.5, 0.6) is 5.75 Å². The molecule has 2 aliphatic rings. The summed E-state index contributed by atoms with van der Waals surface area (Å²) < 4.78 is 7.22. The molecule has 4 rings (SSSR count). The van der Waals surface area contributed by atoms with Gasteiger partial charge in [0, 0.05) is 6.42 Å². The van der Waals surface area contributed by atoms with Crippen molar-refractivity contribution in [2.45, 2.75) is 38.2 Å². The van der Waals surface area contributed by atoms with Crippen LogP contribution in [-0.4, -0.2) is 11.9 Å². The molecule has 2 saturated carbocycles. The molecule has 108 valence electrons. The number of rotatable bonds is 2. The van der Waals surface area contributed by atoms with E-state index in [0.717, 1.165) is 41.3 Å². The van der Waals surface area contributed by atoms with Crippen molar-refractivity contribution in [1.29, 1.82) is 0 Å². The van der Waals surface area contributed by atoms with Gasteiger partial charge in [-0.15, -0.1) is 0 Å². The molecule has 1 atom stereocenters. The number of ether oxygens (including phenoxy) is 1. The van der Waals surface area contributed by atoms with E-state index in [1.807, 2.05) is 18.2 Å². The van der Waals surface area contributed by atoms with Crippen molar-refractivity contribution in [3.05, 3.63) is 40.9 Å². The lowest BCUT2D eigenvalue weighted by Crippen LogP contribution is -2.55. The SMILES string of the molecule is O=C1CC(Oc2ccc3ccccc3c2Br)C12CCCC2. The standard InChI is InChI=1S/C18H17BrO2/c19-17-13-6-2-1-5-12(13)7-8-14(17)21-16-11-15(20)18(16)9-3-4-10-18/h1-2,5-8,16H,3-4,9-11H2. The minimum absolute atomic E-state index is 0.0602. The molecule has 0 heterocycles. The van der Waals surface area contributed by atoms with Crippen molar-refractivity contribution in [3.63, 3.8) is 0 Å². The smallest absolute Gasteiger partial charge is 0.146 e. The first-order chi connectivity index (χ1) is 10.2. The van der Waals surface area contributed by atoms with Gasteiger partial charge in [-0.05, 0) is 45.6 Å². The van der Waals surface area contributed by atoms with Crippen LogP contribution >= 0.6 is 15.9 Å². The second-order valence-electron chi connectivity index (χ2n) is 6.20. The van der Waals surface area contributed by atoms with Crippen molar-refractivity contribution in [1.82, 2.24) is 0 Å². The average molecular weight is 345 g/mol. The summed E-state index contributed by atoms with van der Waals surface area (Å²) >= 11 is 3.67. The Hall–Kier alpha value is -1.35. The summed E-state index contributed by atoms with van der Waals surface area (Å²) in [6.07, 6.45) is 4.95. The van der Waals surface area contributed by atoms with E-state index in [2.05, 4.69) is 34.1 Å². The molecule has 0 aromatic heterocycles. The van der Waals surface area contributed by atoms with Gasteiger partial charge in [-0.25, -0.2) is 0 Å². The third kappa shape index (κ3) is 1.94. The van der Waals surface area contributed by atoms with Gasteiger partial charge in [-0.1, -0.05) is 43.2 Å². The Morgan fingerprint density at radius 2 is 1.86 bits per heavy atom. The molecule has 0 bridgehead atoms. The zero-order valence-corrected chi connectivity index (χ0v) is 13.4. The molecule has 0 aliphatic heterocycles. The highest BCUT2D eigenvalue weighted by Gasteiger charge is 2.57. The summed E-state index contributed by atoms with van der Waals surface area (Å²) in [6.45, 7) is 0. The van der Waals surface area contributed by atoms with Gasteiger partial charge in [0.2, 0.25) is 0 Å². The molecule has 0 amide bonds. The van der Waals surface area contributed by atoms with Gasteiger partial charge in [0.1, 0.15) is 17.6 Å². The van der Waals surface area contributed by atoms with Crippen LogP contribution in [0.2, 0.25) is 0 Å². The summed E-state index contributed by atoms with van der Waals surface area (Å²) in [4.78, 5) is 12.1. The molecule has 1 unspecified atom stereocenters. The van der Waals surface area contributed by atoms with Gasteiger partial charge in [-0.2, -0.15) is 0 Å². The first-order valence-corrected chi connectivity index (χ1v) is 8.37. The molecule has 0 saturated heterocycles. The van der Waals surface area contributed by atoms with E-state index in [4.69, 9.17) is 4.74 Å². The fraction of sp³-hybridized carbons (Fsp3) is 0.389. The van der Waals surface area contributed by atoms with Crippen LogP contribution in [0, 0.1) is 5.41 Å². The highest BCUT2D eigenvalue weighted by atomic mass is 79.9. The molecule has 0 N–H and O–H groups in total. The second kappa shape index (κ2) is 4.84. The maximum absolute atomic E-state index is 12.1. The Morgan fingerprint density at radius 3 is 2.62 bits per heavy atom. The average Bonchev–Trinajstić information content (AvgIpc) is 3.02. The largest absolute Gasteiger partial charge is 0.488 e. The Morgan fingerprint density at radius 1 is 1.10 bits per heavy atom. The van der Waals surface area contributed by atoms with Crippen LogP contribution in [0.4, 0.5) is 0 Å². The third-order valence-electron chi connectivity index (χ3n) is 5.14. The van der Waals surface area contributed by atoms with Gasteiger partial charge in [-0.3, -0.25) is 4.79 Å². The number of benzene rings is 2. The number of carbonyl (C=O) groups excluding carboxylic acids is 1. The molecule has 1 spiro atoms. The van der Waals surface area contributed by atoms with Gasteiger partial charge < -0.3 is 4.74 Å². The predicted octanol–water partition coefficient (Wildman–Crippen LogP) is 4.88. The van der Waals surface area contributed by atoms with Crippen molar-refractivity contribution >= 4 is 32.5 Å². The molecule has 3 heteroatoms. The van der Waals surface area contributed by atoms with E-state index in [1.165, 1.54) is 5.39 Å². The number of carbonyl (C=O) groups is 1. The van der Waals surface area contributed by atoms with E-state index >= 15 is 0 Å². The monoisotopic (exact) mass is 344 g/mol. The van der Waals surface area contributed by atoms with Crippen LogP contribution in [0.3, 0.4) is 0 Å². The highest BCUT2D eigenvalue weighted by molar-refractivity contribution is 9.10. The maximum Gasteiger partial charge on any atom is 0.146 e. The minimum atomic E-state index is -0.176. The van der Waals surface area contributed by atoms with Gasteiger partial charge in [0.25, 0.3) is 0 Å². The summed E-state index contributed by atoms with van der Waals surface area (Å²) in [5.74, 6) is 1.26. The van der Waals surface area contributed by atoms with E-state index in [0.29, 0.717) is 12.2 Å². The molecular weight excluding hydrogens is 328 g/mol. The highest BCUT2D eigenvalue weighted by Crippen LogP contribution is 2.52. The fourth-order valence-electron chi connectivity index (χ4n) is 3.83. The van der Waals surface area contributed by atoms with Crippen LogP contribution in [0.1, 0.15) is 32.1 Å². The molecule has 2 aliphatic carbocycles. The Kier molecular flexibility index (Phi) is 3.07. The van der Waals surface area contributed by atoms with Crippen LogP contribution in [0.15, 0.2) is 40.9 Å². The molecule has 2 aromatic carbocycles. The lowest BCUT2D eigenvalue weighted by molar-refractivity contribution is -0.151. The summed E-state index contributed by atoms with van der Waals surface area (Å²) in [5, 5.41) is 2.35. The molecule has 21 heavy (non-hydrogen) atoms. The molecule has 2 aromatic rings. The number of ketones is 1. The lowest BCUT2D eigenvalue weighted by atomic mass is 9.63. The van der Waals surface area contributed by atoms with Crippen molar-refractivity contribution in [3.8, 4) is 5.75 Å². The molecular formula is C18H17BrO2. The third-order valence-corrected chi connectivity index (χ3v) is 5.95. The van der Waals surface area contributed by atoms with Crippen LogP contribution < -0.4 is 4.74 Å². The lowest BCUT2D eigenvalue weighted by Gasteiger charge is -2.44. The molecule has 0 radical (unpaired) electrons. The van der Waals surface area contributed by atoms with E-state index in [-0.39, 0.29) is 11.5 Å². The summed E-state index contributed by atoms with van der Waals surface area (Å²) in [5.41, 5.74) is -0.176. The Labute approximate surface area is 132 Å². The predicted molar refractivity (Wildman–Crippen MR) is 86.6 cm³/mol. The van der Waals surface area contributed by atoms with Crippen molar-refractivity contribution in [2.24, 2.45) is 5.41 Å². The normalized spacial score (nSPS) is 23.5. The van der Waals surface area contributed by atoms with Gasteiger partial charge in [0.05, 0.1) is 9.89 Å². The van der Waals surface area contributed by atoms with E-state index in [1.54, 1.807) is 0 Å². The van der Waals surface area contributed by atoms with Crippen molar-refractivity contribution < 1.29 is 9.53 Å². The van der Waals surface area contributed by atoms with Crippen LogP contribution in [0.25, 0.3) is 10.8 Å². The zero-order valence-electron chi connectivity index (χ0n) is 11.8. The molecule has 2 nitrogen and oxygen atoms in total. The fourth-order valence-corrected chi connectivity index (χ4v) is 4.42. The topological polar surface area (TPSA) is 26.3 Å². The van der Waals surface area contributed by atoms with E-state index in [9.17, 15) is 4.79 Å². The maximum atomic E-state index is 12.1. The number of hydrogen-bond acceptors (Lipinski definition) is 2. The Bertz CT molecular complexity index is 716. The van der Waals surface area contributed by atoms with Gasteiger partial charge >= 0.3 is 0 Å². The minimum Gasteiger partial charge on any atom is -0.488 e. The number of fused-ring (bicyclic) bond motifs is 1. The zero-order chi connectivity index (χ0) is 14.4. The summed E-state index contributed by atoms with van der Waals surface area (Å²) in [7, 11) is 0. The second-order valence-corrected chi connectivity index (χ2v) is 6.99.